The Morgan fingerprint density at radius 2 is 1.70 bits per heavy atom. The van der Waals surface area contributed by atoms with Crippen LogP contribution in [-0.4, -0.2) is 11.6 Å². The Morgan fingerprint density at radius 1 is 1.30 bits per heavy atom. The Labute approximate surface area is 67.6 Å². The zero-order chi connectivity index (χ0) is 7.82. The Balaban J connectivity index is 0.000000236. The number of halogens is 1. The van der Waals surface area contributed by atoms with Gasteiger partial charge in [-0.25, -0.2) is 0 Å². The molecular formula is C7H7BrO2. The third kappa shape index (κ3) is 5.31. The highest BCUT2D eigenvalue weighted by Gasteiger charge is 1.74. The highest BCUT2D eigenvalue weighted by Crippen LogP contribution is 2.05. The first-order valence-corrected chi connectivity index (χ1v) is 3.39. The predicted molar refractivity (Wildman–Crippen MR) is 42.8 cm³/mol. The fraction of sp³-hybridized carbons (Fsp3) is 0. The Kier molecular flexibility index (Phi) is 5.77. The van der Waals surface area contributed by atoms with Gasteiger partial charge < -0.3 is 5.11 Å². The lowest BCUT2D eigenvalue weighted by Crippen LogP contribution is -1.55. The van der Waals surface area contributed by atoms with E-state index < -0.39 is 0 Å². The van der Waals surface area contributed by atoms with Crippen molar-refractivity contribution in [2.45, 2.75) is 0 Å². The van der Waals surface area contributed by atoms with Gasteiger partial charge in [0.1, 0.15) is 0 Å². The van der Waals surface area contributed by atoms with E-state index in [1.807, 2.05) is 30.3 Å². The second-order valence-corrected chi connectivity index (χ2v) is 2.32. The van der Waals surface area contributed by atoms with Gasteiger partial charge >= 0.3 is 0 Å². The number of hydrogen-bond acceptors (Lipinski definition) is 1. The molecule has 54 valence electrons. The van der Waals surface area contributed by atoms with Gasteiger partial charge in [0.2, 0.25) is 0 Å². The van der Waals surface area contributed by atoms with E-state index in [0.29, 0.717) is 0 Å². The molecule has 0 aliphatic rings. The normalized spacial score (nSPS) is 7.30. The molecule has 0 aliphatic carbocycles. The van der Waals surface area contributed by atoms with Crippen LogP contribution in [0.1, 0.15) is 0 Å². The monoisotopic (exact) mass is 202 g/mol. The highest BCUT2D eigenvalue weighted by atomic mass is 79.9. The Bertz CT molecular complexity index is 174. The highest BCUT2D eigenvalue weighted by molar-refractivity contribution is 9.10. The molecule has 0 bridgehead atoms. The Morgan fingerprint density at radius 3 is 1.90 bits per heavy atom. The first-order chi connectivity index (χ1) is 4.81. The van der Waals surface area contributed by atoms with Gasteiger partial charge in [-0.3, -0.25) is 4.79 Å². The van der Waals surface area contributed by atoms with Gasteiger partial charge in [0, 0.05) is 4.47 Å². The molecule has 10 heavy (non-hydrogen) atoms. The predicted octanol–water partition coefficient (Wildman–Crippen LogP) is 2.15. The molecule has 1 rings (SSSR count). The van der Waals surface area contributed by atoms with Crippen LogP contribution in [0.2, 0.25) is 0 Å². The fourth-order valence-corrected chi connectivity index (χ4v) is 0.720. The summed E-state index contributed by atoms with van der Waals surface area (Å²) in [7, 11) is 0. The summed E-state index contributed by atoms with van der Waals surface area (Å²) in [5.41, 5.74) is 0. The number of carbonyl (C=O) groups is 1. The molecule has 0 amide bonds. The van der Waals surface area contributed by atoms with Crippen LogP contribution in [0.3, 0.4) is 0 Å². The van der Waals surface area contributed by atoms with Crippen LogP contribution in [0.4, 0.5) is 0 Å². The van der Waals surface area contributed by atoms with E-state index in [1.165, 1.54) is 0 Å². The summed E-state index contributed by atoms with van der Waals surface area (Å²) in [5, 5.41) is 6.89. The molecule has 0 heterocycles. The van der Waals surface area contributed by atoms with Crippen LogP contribution in [-0.2, 0) is 4.79 Å². The van der Waals surface area contributed by atoms with Crippen LogP contribution >= 0.6 is 15.9 Å². The summed E-state index contributed by atoms with van der Waals surface area (Å²) < 4.78 is 1.13. The zero-order valence-corrected chi connectivity index (χ0v) is 6.78. The maximum absolute atomic E-state index is 8.36. The number of hydrogen-bond donors (Lipinski definition) is 1. The second kappa shape index (κ2) is 6.29. The first-order valence-electron chi connectivity index (χ1n) is 2.59. The van der Waals surface area contributed by atoms with Crippen LogP contribution < -0.4 is 0 Å². The van der Waals surface area contributed by atoms with Gasteiger partial charge in [-0.15, -0.1) is 0 Å². The van der Waals surface area contributed by atoms with Crippen LogP contribution in [0.5, 0.6) is 0 Å². The fourth-order valence-electron chi connectivity index (χ4n) is 0.415. The van der Waals surface area contributed by atoms with Crippen LogP contribution in [0.25, 0.3) is 0 Å². The minimum Gasteiger partial charge on any atom is -0.483 e. The lowest BCUT2D eigenvalue weighted by molar-refractivity contribution is -0.122. The van der Waals surface area contributed by atoms with Gasteiger partial charge in [0.05, 0.1) is 0 Å². The number of carboxylic acid groups (broad SMARTS) is 1. The molecule has 2 nitrogen and oxygen atoms in total. The molecule has 0 aliphatic heterocycles. The lowest BCUT2D eigenvalue weighted by Gasteiger charge is -1.80. The van der Waals surface area contributed by atoms with Gasteiger partial charge in [0.25, 0.3) is 6.47 Å². The van der Waals surface area contributed by atoms with E-state index in [0.717, 1.165) is 4.47 Å². The van der Waals surface area contributed by atoms with Crippen molar-refractivity contribution in [1.29, 1.82) is 0 Å². The Hall–Kier alpha value is -0.830. The lowest BCUT2D eigenvalue weighted by atomic mass is 10.4. The molecule has 0 fully saturated rings. The minimum atomic E-state index is -0.250. The number of rotatable bonds is 0. The third-order valence-corrected chi connectivity index (χ3v) is 1.26. The van der Waals surface area contributed by atoms with Gasteiger partial charge in [-0.2, -0.15) is 0 Å². The van der Waals surface area contributed by atoms with Crippen molar-refractivity contribution in [2.24, 2.45) is 0 Å². The van der Waals surface area contributed by atoms with Crippen molar-refractivity contribution in [3.8, 4) is 0 Å². The first kappa shape index (κ1) is 9.17. The van der Waals surface area contributed by atoms with Crippen molar-refractivity contribution in [1.82, 2.24) is 0 Å². The van der Waals surface area contributed by atoms with Crippen molar-refractivity contribution in [3.05, 3.63) is 34.8 Å². The minimum absolute atomic E-state index is 0.250. The van der Waals surface area contributed by atoms with E-state index >= 15 is 0 Å². The van der Waals surface area contributed by atoms with Gasteiger partial charge in [-0.05, 0) is 12.1 Å². The molecule has 3 heteroatoms. The molecule has 0 saturated heterocycles. The van der Waals surface area contributed by atoms with E-state index in [-0.39, 0.29) is 6.47 Å². The maximum Gasteiger partial charge on any atom is 0.290 e. The molecule has 0 saturated carbocycles. The second-order valence-electron chi connectivity index (χ2n) is 1.40. The van der Waals surface area contributed by atoms with E-state index in [2.05, 4.69) is 15.9 Å². The van der Waals surface area contributed by atoms with Crippen LogP contribution in [0.15, 0.2) is 34.8 Å². The van der Waals surface area contributed by atoms with Gasteiger partial charge in [-0.1, -0.05) is 34.1 Å². The molecule has 1 aromatic rings. The summed E-state index contributed by atoms with van der Waals surface area (Å²) >= 11 is 3.31. The summed E-state index contributed by atoms with van der Waals surface area (Å²) in [6.07, 6.45) is 0. The molecule has 0 aromatic heterocycles. The average molecular weight is 203 g/mol. The van der Waals surface area contributed by atoms with Crippen molar-refractivity contribution in [3.63, 3.8) is 0 Å². The largest absolute Gasteiger partial charge is 0.483 e. The molecule has 0 unspecified atom stereocenters. The third-order valence-electron chi connectivity index (χ3n) is 0.733. The van der Waals surface area contributed by atoms with Crippen molar-refractivity contribution >= 4 is 22.4 Å². The summed E-state index contributed by atoms with van der Waals surface area (Å²) in [6, 6.07) is 9.97. The summed E-state index contributed by atoms with van der Waals surface area (Å²) in [5.74, 6) is 0. The van der Waals surface area contributed by atoms with Crippen LogP contribution in [0, 0.1) is 0 Å². The molecule has 1 N–H and O–H groups in total. The molecule has 1 aromatic carbocycles. The smallest absolute Gasteiger partial charge is 0.290 e. The number of benzene rings is 1. The summed E-state index contributed by atoms with van der Waals surface area (Å²) in [6.45, 7) is -0.250. The molecular weight excluding hydrogens is 196 g/mol. The van der Waals surface area contributed by atoms with Crippen molar-refractivity contribution < 1.29 is 9.90 Å². The SMILES string of the molecule is Brc1ccccc1.O=CO. The van der Waals surface area contributed by atoms with E-state index in [9.17, 15) is 0 Å². The molecule has 0 atom stereocenters. The average Bonchev–Trinajstić information content (AvgIpc) is 1.91. The quantitative estimate of drug-likeness (QED) is 0.656. The standard InChI is InChI=1S/C6H5Br.CH2O2/c7-6-4-2-1-3-5-6;2-1-3/h1-5H;1H,(H,2,3). The van der Waals surface area contributed by atoms with Gasteiger partial charge in [0.15, 0.2) is 0 Å². The zero-order valence-electron chi connectivity index (χ0n) is 5.20. The molecule has 0 radical (unpaired) electrons. The maximum atomic E-state index is 8.36. The van der Waals surface area contributed by atoms with Crippen molar-refractivity contribution in [2.75, 3.05) is 0 Å². The van der Waals surface area contributed by atoms with E-state index in [1.54, 1.807) is 0 Å². The summed E-state index contributed by atoms with van der Waals surface area (Å²) in [4.78, 5) is 8.36. The topological polar surface area (TPSA) is 37.3 Å². The molecule has 0 spiro atoms. The van der Waals surface area contributed by atoms with E-state index in [4.69, 9.17) is 9.90 Å².